The molecular formula is C17H29N5O2. The molecule has 1 atom stereocenters. The average molecular weight is 335 g/mol. The van der Waals surface area contributed by atoms with E-state index in [1.165, 1.54) is 12.8 Å². The smallest absolute Gasteiger partial charge is 0.223 e. The highest BCUT2D eigenvalue weighted by molar-refractivity contribution is 5.83. The van der Waals surface area contributed by atoms with E-state index in [1.807, 2.05) is 30.2 Å². The molecule has 0 spiro atoms. The van der Waals surface area contributed by atoms with Gasteiger partial charge in [-0.15, -0.1) is 10.2 Å². The number of aromatic nitrogens is 3. The lowest BCUT2D eigenvalue weighted by Crippen LogP contribution is -2.34. The quantitative estimate of drug-likeness (QED) is 0.864. The summed E-state index contributed by atoms with van der Waals surface area (Å²) in [7, 11) is 0. The van der Waals surface area contributed by atoms with E-state index in [-0.39, 0.29) is 36.7 Å². The van der Waals surface area contributed by atoms with E-state index in [9.17, 15) is 9.59 Å². The van der Waals surface area contributed by atoms with E-state index in [0.717, 1.165) is 31.8 Å². The monoisotopic (exact) mass is 335 g/mol. The highest BCUT2D eigenvalue weighted by Crippen LogP contribution is 2.15. The summed E-state index contributed by atoms with van der Waals surface area (Å²) in [6.45, 7) is 7.63. The summed E-state index contributed by atoms with van der Waals surface area (Å²) in [5.41, 5.74) is 0. The van der Waals surface area contributed by atoms with Crippen LogP contribution in [-0.2, 0) is 9.59 Å². The Balaban J connectivity index is 1.80. The predicted molar refractivity (Wildman–Crippen MR) is 91.2 cm³/mol. The average Bonchev–Trinajstić information content (AvgIpc) is 2.89. The molecule has 2 rings (SSSR count). The minimum absolute atomic E-state index is 0.0880. The number of rotatable bonds is 6. The number of hydrogen-bond donors (Lipinski definition) is 1. The summed E-state index contributed by atoms with van der Waals surface area (Å²) >= 11 is 0. The molecule has 7 heteroatoms. The lowest BCUT2D eigenvalue weighted by Gasteiger charge is -2.20. The molecule has 1 N–H and O–H groups in total. The van der Waals surface area contributed by atoms with E-state index in [2.05, 4.69) is 15.5 Å². The van der Waals surface area contributed by atoms with E-state index in [1.54, 1.807) is 6.33 Å². The molecule has 24 heavy (non-hydrogen) atoms. The third-order valence-electron chi connectivity index (χ3n) is 4.45. The molecule has 134 valence electrons. The fourth-order valence-corrected chi connectivity index (χ4v) is 3.04. The van der Waals surface area contributed by atoms with Gasteiger partial charge in [-0.1, -0.05) is 12.8 Å². The largest absolute Gasteiger partial charge is 0.346 e. The molecule has 0 unspecified atom stereocenters. The van der Waals surface area contributed by atoms with Crippen LogP contribution in [0.3, 0.4) is 0 Å². The summed E-state index contributed by atoms with van der Waals surface area (Å²) in [6, 6.07) is 0.00894. The summed E-state index contributed by atoms with van der Waals surface area (Å²) in [4.78, 5) is 26.3. The molecular weight excluding hydrogens is 306 g/mol. The first-order valence-corrected chi connectivity index (χ1v) is 8.95. The van der Waals surface area contributed by atoms with E-state index in [4.69, 9.17) is 0 Å². The van der Waals surface area contributed by atoms with Gasteiger partial charge < -0.3 is 14.8 Å². The maximum Gasteiger partial charge on any atom is 0.223 e. The van der Waals surface area contributed by atoms with E-state index >= 15 is 0 Å². The highest BCUT2D eigenvalue weighted by Gasteiger charge is 2.19. The SMILES string of the molecule is CC(C)n1cnnc1[C@@H](C)NC(=O)CCC(=O)N1CCCCCC1. The van der Waals surface area contributed by atoms with Gasteiger partial charge >= 0.3 is 0 Å². The first-order valence-electron chi connectivity index (χ1n) is 8.95. The Morgan fingerprint density at radius 1 is 1.12 bits per heavy atom. The highest BCUT2D eigenvalue weighted by atomic mass is 16.2. The fraction of sp³-hybridized carbons (Fsp3) is 0.765. The van der Waals surface area contributed by atoms with Crippen molar-refractivity contribution < 1.29 is 9.59 Å². The Morgan fingerprint density at radius 3 is 2.42 bits per heavy atom. The van der Waals surface area contributed by atoms with Crippen LogP contribution in [0.15, 0.2) is 6.33 Å². The first-order chi connectivity index (χ1) is 11.5. The van der Waals surface area contributed by atoms with Crippen LogP contribution < -0.4 is 5.32 Å². The van der Waals surface area contributed by atoms with Gasteiger partial charge in [-0.2, -0.15) is 0 Å². The second-order valence-corrected chi connectivity index (χ2v) is 6.77. The van der Waals surface area contributed by atoms with Gasteiger partial charge in [0.2, 0.25) is 11.8 Å². The Kier molecular flexibility index (Phi) is 6.75. The lowest BCUT2D eigenvalue weighted by atomic mass is 10.2. The summed E-state index contributed by atoms with van der Waals surface area (Å²) in [5.74, 6) is 0.700. The molecule has 0 aliphatic carbocycles. The Hall–Kier alpha value is -1.92. The third kappa shape index (κ3) is 5.04. The zero-order valence-electron chi connectivity index (χ0n) is 15.0. The van der Waals surface area contributed by atoms with Crippen LogP contribution in [0.4, 0.5) is 0 Å². The van der Waals surface area contributed by atoms with Crippen LogP contribution in [-0.4, -0.2) is 44.6 Å². The minimum atomic E-state index is -0.226. The molecule has 1 aliphatic rings. The van der Waals surface area contributed by atoms with Gasteiger partial charge in [0.1, 0.15) is 6.33 Å². The second kappa shape index (κ2) is 8.80. The molecule has 2 heterocycles. The van der Waals surface area contributed by atoms with Gasteiger partial charge in [0.15, 0.2) is 5.82 Å². The Morgan fingerprint density at radius 2 is 1.79 bits per heavy atom. The number of amides is 2. The summed E-state index contributed by atoms with van der Waals surface area (Å²) < 4.78 is 1.94. The molecule has 1 aromatic heterocycles. The van der Waals surface area contributed by atoms with Crippen LogP contribution in [0, 0.1) is 0 Å². The van der Waals surface area contributed by atoms with Crippen molar-refractivity contribution in [1.82, 2.24) is 25.0 Å². The molecule has 0 aromatic carbocycles. The third-order valence-corrected chi connectivity index (χ3v) is 4.45. The van der Waals surface area contributed by atoms with Gasteiger partial charge in [-0.25, -0.2) is 0 Å². The fourth-order valence-electron chi connectivity index (χ4n) is 3.04. The normalized spacial score (nSPS) is 16.8. The van der Waals surface area contributed by atoms with Gasteiger partial charge in [0.25, 0.3) is 0 Å². The number of nitrogens with zero attached hydrogens (tertiary/aromatic N) is 4. The van der Waals surface area contributed by atoms with Gasteiger partial charge in [0, 0.05) is 32.0 Å². The lowest BCUT2D eigenvalue weighted by molar-refractivity contribution is -0.133. The molecule has 0 radical (unpaired) electrons. The van der Waals surface area contributed by atoms with Crippen LogP contribution in [0.2, 0.25) is 0 Å². The molecule has 1 fully saturated rings. The minimum Gasteiger partial charge on any atom is -0.346 e. The van der Waals surface area contributed by atoms with Crippen molar-refractivity contribution in [1.29, 1.82) is 0 Å². The molecule has 1 aromatic rings. The van der Waals surface area contributed by atoms with E-state index < -0.39 is 0 Å². The number of carbonyl (C=O) groups excluding carboxylic acids is 2. The van der Waals surface area contributed by atoms with Gasteiger partial charge in [-0.3, -0.25) is 9.59 Å². The maximum absolute atomic E-state index is 12.2. The van der Waals surface area contributed by atoms with E-state index in [0.29, 0.717) is 0 Å². The van der Waals surface area contributed by atoms with Crippen LogP contribution in [0.5, 0.6) is 0 Å². The second-order valence-electron chi connectivity index (χ2n) is 6.77. The van der Waals surface area contributed by atoms with Crippen LogP contribution >= 0.6 is 0 Å². The molecule has 2 amide bonds. The number of carbonyl (C=O) groups is 2. The molecule has 0 saturated carbocycles. The van der Waals surface area contributed by atoms with Crippen LogP contribution in [0.1, 0.15) is 77.2 Å². The molecule has 1 aliphatic heterocycles. The molecule has 1 saturated heterocycles. The van der Waals surface area contributed by atoms with Crippen LogP contribution in [0.25, 0.3) is 0 Å². The van der Waals surface area contributed by atoms with Crippen molar-refractivity contribution >= 4 is 11.8 Å². The Labute approximate surface area is 143 Å². The van der Waals surface area contributed by atoms with Crippen molar-refractivity contribution in [2.24, 2.45) is 0 Å². The summed E-state index contributed by atoms with van der Waals surface area (Å²) in [5, 5.41) is 10.9. The molecule has 7 nitrogen and oxygen atoms in total. The van der Waals surface area contributed by atoms with Crippen molar-refractivity contribution in [2.75, 3.05) is 13.1 Å². The van der Waals surface area contributed by atoms with Crippen molar-refractivity contribution in [3.8, 4) is 0 Å². The molecule has 0 bridgehead atoms. The number of nitrogens with one attached hydrogen (secondary N) is 1. The topological polar surface area (TPSA) is 80.1 Å². The zero-order chi connectivity index (χ0) is 17.5. The van der Waals surface area contributed by atoms with Crippen molar-refractivity contribution in [2.45, 2.75) is 71.4 Å². The predicted octanol–water partition coefficient (Wildman–Crippen LogP) is 2.22. The first kappa shape index (κ1) is 18.4. The Bertz CT molecular complexity index is 547. The number of likely N-dealkylation sites (tertiary alicyclic amines) is 1. The zero-order valence-corrected chi connectivity index (χ0v) is 15.0. The van der Waals surface area contributed by atoms with Crippen molar-refractivity contribution in [3.05, 3.63) is 12.2 Å². The summed E-state index contributed by atoms with van der Waals surface area (Å²) in [6.07, 6.45) is 6.69. The van der Waals surface area contributed by atoms with Crippen molar-refractivity contribution in [3.63, 3.8) is 0 Å². The number of hydrogen-bond acceptors (Lipinski definition) is 4. The van der Waals surface area contributed by atoms with Gasteiger partial charge in [-0.05, 0) is 33.6 Å². The van der Waals surface area contributed by atoms with Gasteiger partial charge in [0.05, 0.1) is 6.04 Å². The maximum atomic E-state index is 12.2. The standard InChI is InChI=1S/C17H29N5O2/c1-13(2)22-12-18-20-17(22)14(3)19-15(23)8-9-16(24)21-10-6-4-5-7-11-21/h12-14H,4-11H2,1-3H3,(H,19,23)/t14-/m1/s1.